The first kappa shape index (κ1) is 19.2. The van der Waals surface area contributed by atoms with E-state index in [0.29, 0.717) is 27.7 Å². The summed E-state index contributed by atoms with van der Waals surface area (Å²) in [6.07, 6.45) is -0.923. The molecule has 5 nitrogen and oxygen atoms in total. The number of aromatic nitrogens is 1. The first-order valence-corrected chi connectivity index (χ1v) is 9.88. The first-order chi connectivity index (χ1) is 12.9. The van der Waals surface area contributed by atoms with E-state index in [-0.39, 0.29) is 11.7 Å². The summed E-state index contributed by atoms with van der Waals surface area (Å²) in [5.41, 5.74) is 1.22. The van der Waals surface area contributed by atoms with Crippen molar-refractivity contribution in [1.82, 2.24) is 10.3 Å². The number of nitrogens with one attached hydrogen (secondary N) is 1. The molecule has 27 heavy (non-hydrogen) atoms. The van der Waals surface area contributed by atoms with Crippen LogP contribution in [0.5, 0.6) is 0 Å². The molecule has 8 heteroatoms. The first-order valence-electron chi connectivity index (χ1n) is 8.18. The summed E-state index contributed by atoms with van der Waals surface area (Å²) in [5, 5.41) is 5.26. The average Bonchev–Trinajstić information content (AvgIpc) is 3.29. The lowest BCUT2D eigenvalue weighted by Gasteiger charge is -2.12. The normalized spacial score (nSPS) is 11.8. The largest absolute Gasteiger partial charge is 0.448 e. The van der Waals surface area contributed by atoms with Crippen molar-refractivity contribution >= 4 is 34.6 Å². The number of esters is 1. The molecule has 2 aromatic heterocycles. The van der Waals surface area contributed by atoms with E-state index in [9.17, 15) is 14.0 Å². The highest BCUT2D eigenvalue weighted by Crippen LogP contribution is 2.28. The van der Waals surface area contributed by atoms with Gasteiger partial charge in [-0.1, -0.05) is 6.07 Å². The fourth-order valence-electron chi connectivity index (χ4n) is 2.30. The summed E-state index contributed by atoms with van der Waals surface area (Å²) in [6.45, 7) is 3.62. The molecule has 0 bridgehead atoms. The molecule has 1 aromatic carbocycles. The molecule has 1 atom stereocenters. The van der Waals surface area contributed by atoms with Gasteiger partial charge in [0.25, 0.3) is 5.91 Å². The van der Waals surface area contributed by atoms with Crippen LogP contribution in [0, 0.1) is 12.7 Å². The molecule has 0 spiro atoms. The van der Waals surface area contributed by atoms with E-state index < -0.39 is 12.1 Å². The predicted octanol–water partition coefficient (Wildman–Crippen LogP) is 4.18. The maximum Gasteiger partial charge on any atom is 0.351 e. The van der Waals surface area contributed by atoms with E-state index >= 15 is 0 Å². The Kier molecular flexibility index (Phi) is 5.98. The third kappa shape index (κ3) is 4.78. The van der Waals surface area contributed by atoms with Gasteiger partial charge < -0.3 is 10.1 Å². The van der Waals surface area contributed by atoms with Gasteiger partial charge in [0, 0.05) is 10.4 Å². The highest BCUT2D eigenvalue weighted by molar-refractivity contribution is 7.17. The standard InChI is InChI=1S/C19H17FN2O3S2/c1-11-16(27-18(22-11)13-5-7-14(20)8-6-13)19(24)25-12(2)17(23)21-10-15-4-3-9-26-15/h3-9,12H,10H2,1-2H3,(H,21,23)/t12-/m1/s1. The van der Waals surface area contributed by atoms with Crippen molar-refractivity contribution in [2.75, 3.05) is 0 Å². The molecule has 1 amide bonds. The Balaban J connectivity index is 1.63. The molecule has 0 aliphatic rings. The molecule has 0 aliphatic heterocycles. The Labute approximate surface area is 163 Å². The molecular formula is C19H17FN2O3S2. The van der Waals surface area contributed by atoms with Crippen molar-refractivity contribution in [3.63, 3.8) is 0 Å². The van der Waals surface area contributed by atoms with Crippen molar-refractivity contribution in [2.24, 2.45) is 0 Å². The Morgan fingerprint density at radius 2 is 2.00 bits per heavy atom. The average molecular weight is 404 g/mol. The predicted molar refractivity (Wildman–Crippen MR) is 103 cm³/mol. The van der Waals surface area contributed by atoms with Crippen LogP contribution in [-0.2, 0) is 16.1 Å². The number of carbonyl (C=O) groups is 2. The summed E-state index contributed by atoms with van der Waals surface area (Å²) in [7, 11) is 0. The van der Waals surface area contributed by atoms with Gasteiger partial charge in [-0.3, -0.25) is 4.79 Å². The quantitative estimate of drug-likeness (QED) is 0.626. The van der Waals surface area contributed by atoms with Gasteiger partial charge in [0.05, 0.1) is 12.2 Å². The van der Waals surface area contributed by atoms with Crippen molar-refractivity contribution in [2.45, 2.75) is 26.5 Å². The molecule has 2 heterocycles. The third-order valence-corrected chi connectivity index (χ3v) is 5.81. The van der Waals surface area contributed by atoms with Gasteiger partial charge >= 0.3 is 5.97 Å². The van der Waals surface area contributed by atoms with Crippen molar-refractivity contribution in [3.05, 3.63) is 63.0 Å². The van der Waals surface area contributed by atoms with E-state index in [1.807, 2.05) is 17.5 Å². The Morgan fingerprint density at radius 3 is 2.67 bits per heavy atom. The van der Waals surface area contributed by atoms with Crippen molar-refractivity contribution in [1.29, 1.82) is 0 Å². The lowest BCUT2D eigenvalue weighted by molar-refractivity contribution is -0.129. The molecule has 0 fully saturated rings. The van der Waals surface area contributed by atoms with Crippen LogP contribution in [0.3, 0.4) is 0 Å². The van der Waals surface area contributed by atoms with E-state index in [4.69, 9.17) is 4.74 Å². The van der Waals surface area contributed by atoms with Crippen LogP contribution in [0.25, 0.3) is 10.6 Å². The molecule has 1 N–H and O–H groups in total. The number of thiophene rings is 1. The lowest BCUT2D eigenvalue weighted by atomic mass is 10.2. The molecule has 0 saturated heterocycles. The van der Waals surface area contributed by atoms with Gasteiger partial charge in [-0.05, 0) is 49.6 Å². The minimum atomic E-state index is -0.923. The fourth-order valence-corrected chi connectivity index (χ4v) is 3.90. The Bertz CT molecular complexity index is 937. The van der Waals surface area contributed by atoms with Crippen molar-refractivity contribution < 1.29 is 18.7 Å². The SMILES string of the molecule is Cc1nc(-c2ccc(F)cc2)sc1C(=O)O[C@H](C)C(=O)NCc1cccs1. The zero-order valence-electron chi connectivity index (χ0n) is 14.7. The summed E-state index contributed by atoms with van der Waals surface area (Å²) in [4.78, 5) is 30.2. The minimum absolute atomic E-state index is 0.326. The lowest BCUT2D eigenvalue weighted by Crippen LogP contribution is -2.35. The van der Waals surface area contributed by atoms with E-state index in [1.54, 1.807) is 19.1 Å². The molecule has 3 rings (SSSR count). The number of ether oxygens (including phenoxy) is 1. The van der Waals surface area contributed by atoms with Crippen molar-refractivity contribution in [3.8, 4) is 10.6 Å². The number of halogens is 1. The summed E-state index contributed by atoms with van der Waals surface area (Å²) in [6, 6.07) is 9.70. The van der Waals surface area contributed by atoms with Gasteiger partial charge in [0.15, 0.2) is 6.10 Å². The zero-order valence-corrected chi connectivity index (χ0v) is 16.3. The number of rotatable bonds is 6. The maximum atomic E-state index is 13.1. The summed E-state index contributed by atoms with van der Waals surface area (Å²) >= 11 is 2.69. The van der Waals surface area contributed by atoms with Crippen LogP contribution in [-0.4, -0.2) is 23.0 Å². The number of amides is 1. The second-order valence-corrected chi connectivity index (χ2v) is 7.82. The van der Waals surface area contributed by atoms with Gasteiger partial charge in [0.2, 0.25) is 0 Å². The molecule has 3 aromatic rings. The van der Waals surface area contributed by atoms with Crippen LogP contribution >= 0.6 is 22.7 Å². The number of thiazole rings is 1. The van der Waals surface area contributed by atoms with Crippen LogP contribution in [0.1, 0.15) is 27.2 Å². The second kappa shape index (κ2) is 8.41. The number of hydrogen-bond donors (Lipinski definition) is 1. The number of nitrogens with zero attached hydrogens (tertiary/aromatic N) is 1. The molecule has 0 saturated carbocycles. The zero-order chi connectivity index (χ0) is 19.4. The monoisotopic (exact) mass is 404 g/mol. The molecule has 0 unspecified atom stereocenters. The minimum Gasteiger partial charge on any atom is -0.448 e. The molecule has 0 radical (unpaired) electrons. The van der Waals surface area contributed by atoms with Gasteiger partial charge in [-0.15, -0.1) is 22.7 Å². The number of aryl methyl sites for hydroxylation is 1. The van der Waals surface area contributed by atoms with E-state index in [0.717, 1.165) is 16.2 Å². The summed E-state index contributed by atoms with van der Waals surface area (Å²) in [5.74, 6) is -1.30. The van der Waals surface area contributed by atoms with Crippen LogP contribution in [0.2, 0.25) is 0 Å². The molecule has 140 valence electrons. The van der Waals surface area contributed by atoms with Gasteiger partial charge in [0.1, 0.15) is 15.7 Å². The van der Waals surface area contributed by atoms with Crippen LogP contribution < -0.4 is 5.32 Å². The Hall–Kier alpha value is -2.58. The van der Waals surface area contributed by atoms with E-state index in [1.165, 1.54) is 30.4 Å². The molecular weight excluding hydrogens is 387 g/mol. The highest BCUT2D eigenvalue weighted by Gasteiger charge is 2.23. The van der Waals surface area contributed by atoms with Gasteiger partial charge in [-0.2, -0.15) is 0 Å². The van der Waals surface area contributed by atoms with Crippen LogP contribution in [0.4, 0.5) is 4.39 Å². The Morgan fingerprint density at radius 1 is 1.26 bits per heavy atom. The smallest absolute Gasteiger partial charge is 0.351 e. The third-order valence-electron chi connectivity index (χ3n) is 3.74. The van der Waals surface area contributed by atoms with E-state index in [2.05, 4.69) is 10.3 Å². The maximum absolute atomic E-state index is 13.1. The fraction of sp³-hybridized carbons (Fsp3) is 0.211. The highest BCUT2D eigenvalue weighted by atomic mass is 32.1. The number of benzene rings is 1. The number of carbonyl (C=O) groups excluding carboxylic acids is 2. The summed E-state index contributed by atoms with van der Waals surface area (Å²) < 4.78 is 18.3. The molecule has 0 aliphatic carbocycles. The second-order valence-electron chi connectivity index (χ2n) is 5.79. The van der Waals surface area contributed by atoms with Gasteiger partial charge in [-0.25, -0.2) is 14.2 Å². The topological polar surface area (TPSA) is 68.3 Å². The van der Waals surface area contributed by atoms with Crippen LogP contribution in [0.15, 0.2) is 41.8 Å². The number of hydrogen-bond acceptors (Lipinski definition) is 6.